The fourth-order valence-electron chi connectivity index (χ4n) is 3.61. The van der Waals surface area contributed by atoms with Gasteiger partial charge in [0.25, 0.3) is 0 Å². The number of carbonyl (C=O) groups is 1. The molecule has 1 amide bonds. The van der Waals surface area contributed by atoms with Gasteiger partial charge >= 0.3 is 0 Å². The highest BCUT2D eigenvalue weighted by atomic mass is 16.5. The van der Waals surface area contributed by atoms with E-state index in [-0.39, 0.29) is 11.8 Å². The van der Waals surface area contributed by atoms with Gasteiger partial charge in [-0.05, 0) is 50.2 Å². The van der Waals surface area contributed by atoms with Crippen LogP contribution in [0.25, 0.3) is 10.9 Å². The van der Waals surface area contributed by atoms with Gasteiger partial charge in [-0.1, -0.05) is 24.3 Å². The van der Waals surface area contributed by atoms with Crippen LogP contribution < -0.4 is 10.1 Å². The van der Waals surface area contributed by atoms with Crippen LogP contribution in [0, 0.1) is 0 Å². The van der Waals surface area contributed by atoms with Crippen LogP contribution in [-0.2, 0) is 11.3 Å². The average molecular weight is 363 g/mol. The highest BCUT2D eigenvalue weighted by molar-refractivity contribution is 5.98. The van der Waals surface area contributed by atoms with Crippen LogP contribution >= 0.6 is 0 Å². The van der Waals surface area contributed by atoms with Crippen molar-refractivity contribution in [2.45, 2.75) is 18.9 Å². The molecule has 0 saturated carbocycles. The van der Waals surface area contributed by atoms with Crippen molar-refractivity contribution >= 4 is 22.5 Å². The van der Waals surface area contributed by atoms with Crippen molar-refractivity contribution in [2.24, 2.45) is 0 Å². The second kappa shape index (κ2) is 7.45. The number of fused-ring (bicyclic) bond motifs is 2. The zero-order valence-electron chi connectivity index (χ0n) is 15.8. The number of nitrogens with zero attached hydrogens (tertiary/aromatic N) is 2. The fraction of sp³-hybridized carbons (Fsp3) is 0.318. The molecular formula is C22H25N3O2. The molecule has 0 bridgehead atoms. The number of benzene rings is 2. The Balaban J connectivity index is 1.55. The van der Waals surface area contributed by atoms with Crippen molar-refractivity contribution < 1.29 is 9.53 Å². The van der Waals surface area contributed by atoms with Crippen LogP contribution in [0.15, 0.2) is 54.7 Å². The first-order chi connectivity index (χ1) is 13.1. The van der Waals surface area contributed by atoms with E-state index in [4.69, 9.17) is 4.74 Å². The van der Waals surface area contributed by atoms with Gasteiger partial charge in [-0.2, -0.15) is 0 Å². The van der Waals surface area contributed by atoms with E-state index in [1.807, 2.05) is 30.3 Å². The molecule has 5 nitrogen and oxygen atoms in total. The zero-order chi connectivity index (χ0) is 18.8. The van der Waals surface area contributed by atoms with Crippen molar-refractivity contribution in [1.29, 1.82) is 0 Å². The number of anilines is 1. The molecule has 1 aliphatic heterocycles. The highest BCUT2D eigenvalue weighted by Gasteiger charge is 2.27. The molecular weight excluding hydrogens is 338 g/mol. The minimum Gasteiger partial charge on any atom is -0.493 e. The highest BCUT2D eigenvalue weighted by Crippen LogP contribution is 2.34. The number of aromatic nitrogens is 1. The van der Waals surface area contributed by atoms with Crippen LogP contribution in [0.1, 0.15) is 17.9 Å². The number of likely N-dealkylation sites (N-methyl/N-ethyl adjacent to an activating group) is 1. The lowest BCUT2D eigenvalue weighted by molar-refractivity contribution is -0.118. The Bertz CT molecular complexity index is 961. The van der Waals surface area contributed by atoms with Crippen molar-refractivity contribution in [3.05, 3.63) is 60.3 Å². The summed E-state index contributed by atoms with van der Waals surface area (Å²) in [7, 11) is 4.14. The Labute approximate surface area is 159 Å². The second-order valence-corrected chi connectivity index (χ2v) is 7.30. The van der Waals surface area contributed by atoms with E-state index in [9.17, 15) is 4.79 Å². The molecule has 4 rings (SSSR count). The van der Waals surface area contributed by atoms with Gasteiger partial charge in [0.1, 0.15) is 5.75 Å². The lowest BCUT2D eigenvalue weighted by atomic mass is 9.92. The van der Waals surface area contributed by atoms with Gasteiger partial charge in [-0.15, -0.1) is 0 Å². The molecule has 140 valence electrons. The first kappa shape index (κ1) is 17.6. The van der Waals surface area contributed by atoms with Crippen molar-refractivity contribution in [2.75, 3.05) is 32.6 Å². The third kappa shape index (κ3) is 3.69. The molecule has 0 spiro atoms. The summed E-state index contributed by atoms with van der Waals surface area (Å²) in [5.41, 5.74) is 2.94. The van der Waals surface area contributed by atoms with Gasteiger partial charge in [-0.3, -0.25) is 4.79 Å². The Hall–Kier alpha value is -2.79. The third-order valence-electron chi connectivity index (χ3n) is 5.10. The lowest BCUT2D eigenvalue weighted by Gasteiger charge is -2.25. The number of nitrogens with one attached hydrogen (secondary N) is 1. The van der Waals surface area contributed by atoms with E-state index in [0.29, 0.717) is 13.0 Å². The van der Waals surface area contributed by atoms with Crippen LogP contribution in [0.5, 0.6) is 5.75 Å². The number of amides is 1. The quantitative estimate of drug-likeness (QED) is 0.752. The summed E-state index contributed by atoms with van der Waals surface area (Å²) in [6.07, 6.45) is 2.80. The summed E-state index contributed by atoms with van der Waals surface area (Å²) in [5.74, 6) is 0.666. The van der Waals surface area contributed by atoms with E-state index in [1.54, 1.807) is 0 Å². The Kier molecular flexibility index (Phi) is 4.86. The largest absolute Gasteiger partial charge is 0.493 e. The smallest absolute Gasteiger partial charge is 0.232 e. The lowest BCUT2D eigenvalue weighted by Crippen LogP contribution is -2.26. The molecule has 0 fully saturated rings. The molecule has 2 heterocycles. The van der Waals surface area contributed by atoms with E-state index in [0.717, 1.165) is 35.6 Å². The number of hydrogen-bond donors (Lipinski definition) is 1. The molecule has 1 aliphatic rings. The minimum atomic E-state index is -0.175. The number of carbonyl (C=O) groups excluding carboxylic acids is 1. The summed E-state index contributed by atoms with van der Waals surface area (Å²) in [6.45, 7) is 2.46. The molecule has 0 radical (unpaired) electrons. The predicted molar refractivity (Wildman–Crippen MR) is 108 cm³/mol. The van der Waals surface area contributed by atoms with Gasteiger partial charge in [0, 0.05) is 30.5 Å². The standard InChI is InChI=1S/C22H25N3O2/c1-24(2)12-13-25-11-9-16-7-8-17(15-20(16)25)23-22(26)19-10-14-27-21-6-4-3-5-18(19)21/h3-9,11,15,19H,10,12-14H2,1-2H3,(H,23,26). The van der Waals surface area contributed by atoms with E-state index in [1.165, 1.54) is 5.39 Å². The van der Waals surface area contributed by atoms with Gasteiger partial charge in [0.05, 0.1) is 18.0 Å². The Morgan fingerprint density at radius 3 is 2.93 bits per heavy atom. The number of para-hydroxylation sites is 1. The van der Waals surface area contributed by atoms with Crippen LogP contribution in [0.4, 0.5) is 5.69 Å². The molecule has 27 heavy (non-hydrogen) atoms. The molecule has 1 N–H and O–H groups in total. The van der Waals surface area contributed by atoms with Gasteiger partial charge in [0.15, 0.2) is 0 Å². The van der Waals surface area contributed by atoms with Crippen molar-refractivity contribution in [3.63, 3.8) is 0 Å². The van der Waals surface area contributed by atoms with E-state index in [2.05, 4.69) is 53.3 Å². The minimum absolute atomic E-state index is 0.0245. The third-order valence-corrected chi connectivity index (χ3v) is 5.10. The van der Waals surface area contributed by atoms with Crippen molar-refractivity contribution in [3.8, 4) is 5.75 Å². The molecule has 1 unspecified atom stereocenters. The van der Waals surface area contributed by atoms with Crippen LogP contribution in [-0.4, -0.2) is 42.6 Å². The molecule has 2 aromatic carbocycles. The van der Waals surface area contributed by atoms with Gasteiger partial charge in [-0.25, -0.2) is 0 Å². The summed E-state index contributed by atoms with van der Waals surface area (Å²) >= 11 is 0. The first-order valence-electron chi connectivity index (χ1n) is 9.38. The van der Waals surface area contributed by atoms with Gasteiger partial charge in [0.2, 0.25) is 5.91 Å². The molecule has 0 saturated heterocycles. The molecule has 1 aromatic heterocycles. The summed E-state index contributed by atoms with van der Waals surface area (Å²) < 4.78 is 7.91. The average Bonchev–Trinajstić information content (AvgIpc) is 3.08. The Morgan fingerprint density at radius 1 is 1.22 bits per heavy atom. The van der Waals surface area contributed by atoms with Crippen molar-refractivity contribution in [1.82, 2.24) is 9.47 Å². The number of hydrogen-bond acceptors (Lipinski definition) is 3. The predicted octanol–water partition coefficient (Wildman–Crippen LogP) is 3.71. The summed E-state index contributed by atoms with van der Waals surface area (Å²) in [5, 5.41) is 4.29. The SMILES string of the molecule is CN(C)CCn1ccc2ccc(NC(=O)C3CCOc4ccccc43)cc21. The van der Waals surface area contributed by atoms with Gasteiger partial charge < -0.3 is 19.5 Å². The maximum Gasteiger partial charge on any atom is 0.232 e. The normalized spacial score (nSPS) is 16.2. The molecule has 1 atom stereocenters. The topological polar surface area (TPSA) is 46.5 Å². The Morgan fingerprint density at radius 2 is 2.07 bits per heavy atom. The summed E-state index contributed by atoms with van der Waals surface area (Å²) in [6, 6.07) is 16.0. The molecule has 0 aliphatic carbocycles. The maximum absolute atomic E-state index is 12.9. The number of ether oxygens (including phenoxy) is 1. The van der Waals surface area contributed by atoms with Crippen LogP contribution in [0.2, 0.25) is 0 Å². The summed E-state index contributed by atoms with van der Waals surface area (Å²) in [4.78, 5) is 15.1. The monoisotopic (exact) mass is 363 g/mol. The van der Waals surface area contributed by atoms with Crippen LogP contribution in [0.3, 0.4) is 0 Å². The first-order valence-corrected chi connectivity index (χ1v) is 9.38. The maximum atomic E-state index is 12.9. The zero-order valence-corrected chi connectivity index (χ0v) is 15.8. The van der Waals surface area contributed by atoms with E-state index < -0.39 is 0 Å². The second-order valence-electron chi connectivity index (χ2n) is 7.30. The molecule has 3 aromatic rings. The fourth-order valence-corrected chi connectivity index (χ4v) is 3.61. The number of rotatable bonds is 5. The van der Waals surface area contributed by atoms with E-state index >= 15 is 0 Å². The molecule has 5 heteroatoms.